The summed E-state index contributed by atoms with van der Waals surface area (Å²) in [6, 6.07) is 8.06. The summed E-state index contributed by atoms with van der Waals surface area (Å²) in [4.78, 5) is 13.7. The molecule has 0 saturated heterocycles. The average molecular weight is 839 g/mol. The number of esters is 1. The molecule has 7 rings (SSSR count). The molecule has 6 atom stereocenters. The number of rotatable bonds is 8. The molecule has 0 spiro atoms. The number of aliphatic hydroxyl groups excluding tert-OH is 2. The molecule has 0 aromatic heterocycles. The highest BCUT2D eigenvalue weighted by Gasteiger charge is 2.50. The first-order chi connectivity index (χ1) is 27.9. The van der Waals surface area contributed by atoms with Crippen LogP contribution in [0.2, 0.25) is 0 Å². The number of carbonyl (C=O) groups is 1. The van der Waals surface area contributed by atoms with E-state index in [0.717, 1.165) is 66.4 Å². The van der Waals surface area contributed by atoms with E-state index in [1.54, 1.807) is 0 Å². The fraction of sp³-hybridized carbons (Fsp3) is 0.205. The summed E-state index contributed by atoms with van der Waals surface area (Å²) in [6.45, 7) is -0.494. The largest absolute Gasteiger partial charge is 0.508 e. The molecule has 5 aromatic rings. The SMILES string of the molecule is O=C(O[C@H]1[C@@H](c2cc(O)c(O)c(O)c2)Oc2c([C@H]3c4c(O)cc(O)cc4O[C@H](c4cc(O)c(O)c(O)c4)[C@@H]3O)c(O)cc(O)c2[C@@H]1SCCO)c1cc(O)c(O)c(O)c1. The van der Waals surface area contributed by atoms with Gasteiger partial charge in [-0.2, -0.15) is 0 Å². The monoisotopic (exact) mass is 838 g/mol. The molecule has 59 heavy (non-hydrogen) atoms. The van der Waals surface area contributed by atoms with E-state index in [-0.39, 0.29) is 33.8 Å². The fourth-order valence-corrected chi connectivity index (χ4v) is 8.40. The van der Waals surface area contributed by atoms with Crippen LogP contribution >= 0.6 is 11.8 Å². The van der Waals surface area contributed by atoms with Crippen molar-refractivity contribution in [2.24, 2.45) is 0 Å². The second-order valence-electron chi connectivity index (χ2n) is 13.6. The van der Waals surface area contributed by atoms with Gasteiger partial charge in [-0.25, -0.2) is 4.79 Å². The summed E-state index contributed by atoms with van der Waals surface area (Å²) < 4.78 is 18.3. The van der Waals surface area contributed by atoms with Gasteiger partial charge in [0, 0.05) is 46.2 Å². The predicted octanol–water partition coefficient (Wildman–Crippen LogP) is 3.61. The minimum atomic E-state index is -1.93. The Kier molecular flexibility index (Phi) is 10.2. The first-order valence-corrected chi connectivity index (χ1v) is 18.3. The Balaban J connectivity index is 1.48. The molecule has 2 aliphatic rings. The molecule has 0 saturated carbocycles. The second-order valence-corrected chi connectivity index (χ2v) is 14.8. The molecule has 5 aromatic carbocycles. The number of carbonyl (C=O) groups excluding carboxylic acids is 1. The van der Waals surface area contributed by atoms with Gasteiger partial charge in [-0.15, -0.1) is 11.8 Å². The number of ether oxygens (including phenoxy) is 3. The summed E-state index contributed by atoms with van der Waals surface area (Å²) in [6.07, 6.45) is -6.94. The van der Waals surface area contributed by atoms with E-state index in [2.05, 4.69) is 0 Å². The first-order valence-electron chi connectivity index (χ1n) is 17.3. The molecule has 0 aliphatic carbocycles. The Morgan fingerprint density at radius 3 is 1.61 bits per heavy atom. The van der Waals surface area contributed by atoms with Gasteiger partial charge in [0.05, 0.1) is 28.9 Å². The van der Waals surface area contributed by atoms with Crippen molar-refractivity contribution in [1.82, 2.24) is 0 Å². The third-order valence-corrected chi connectivity index (χ3v) is 11.1. The van der Waals surface area contributed by atoms with Gasteiger partial charge in [0.1, 0.15) is 40.6 Å². The van der Waals surface area contributed by atoms with Gasteiger partial charge in [0.15, 0.2) is 70.1 Å². The second kappa shape index (κ2) is 15.0. The molecule has 2 heterocycles. The molecule has 310 valence electrons. The normalized spacial score (nSPS) is 20.8. The van der Waals surface area contributed by atoms with Crippen LogP contribution in [0.3, 0.4) is 0 Å². The molecule has 19 nitrogen and oxygen atoms in total. The highest BCUT2D eigenvalue weighted by Crippen LogP contribution is 2.61. The lowest BCUT2D eigenvalue weighted by molar-refractivity contribution is -0.0224. The lowest BCUT2D eigenvalue weighted by Crippen LogP contribution is -2.39. The molecular formula is C39H34O19S. The van der Waals surface area contributed by atoms with Crippen molar-refractivity contribution in [3.8, 4) is 86.2 Å². The molecule has 0 bridgehead atoms. The van der Waals surface area contributed by atoms with Gasteiger partial charge in [-0.1, -0.05) is 0 Å². The zero-order chi connectivity index (χ0) is 42.8. The predicted molar refractivity (Wildman–Crippen MR) is 200 cm³/mol. The van der Waals surface area contributed by atoms with Crippen molar-refractivity contribution in [1.29, 1.82) is 0 Å². The van der Waals surface area contributed by atoms with Crippen LogP contribution in [-0.4, -0.2) is 107 Å². The minimum Gasteiger partial charge on any atom is -0.508 e. The Hall–Kier alpha value is -7.16. The maximum atomic E-state index is 13.7. The van der Waals surface area contributed by atoms with Gasteiger partial charge in [0.25, 0.3) is 0 Å². The van der Waals surface area contributed by atoms with E-state index in [9.17, 15) is 81.4 Å². The van der Waals surface area contributed by atoms with Crippen molar-refractivity contribution in [3.05, 3.63) is 88.0 Å². The average Bonchev–Trinajstić information content (AvgIpc) is 3.17. The number of hydrogen-bond acceptors (Lipinski definition) is 20. The van der Waals surface area contributed by atoms with Crippen LogP contribution in [0.5, 0.6) is 86.2 Å². The van der Waals surface area contributed by atoms with Crippen molar-refractivity contribution < 1.29 is 95.6 Å². The fourth-order valence-electron chi connectivity index (χ4n) is 7.25. The number of fused-ring (bicyclic) bond motifs is 2. The Labute approximate surface area is 334 Å². The first kappa shape index (κ1) is 40.1. The van der Waals surface area contributed by atoms with Crippen LogP contribution < -0.4 is 9.47 Å². The van der Waals surface area contributed by atoms with E-state index in [1.807, 2.05) is 0 Å². The molecule has 0 amide bonds. The number of phenols is 13. The Morgan fingerprint density at radius 2 is 1.07 bits per heavy atom. The maximum absolute atomic E-state index is 13.7. The van der Waals surface area contributed by atoms with Crippen LogP contribution in [-0.2, 0) is 4.74 Å². The standard InChI is InChI=1S/C39H34O19S/c40-1-2-59-38-28-18(44)11-17(43)27(29-26-16(42)9-15(41)10-25(26)56-34(33(29)54)12-3-19(45)30(51)20(46)4-12)36(28)57-35(13-5-21(47)31(52)22(48)6-13)37(38)58-39(55)14-7-23(49)32(53)24(50)8-14/h3-11,29,33-35,37-38,40-54H,1-2H2/t29-,33-,34-,35-,37+,38+/m1/s1. The lowest BCUT2D eigenvalue weighted by atomic mass is 9.77. The number of thioether (sulfide) groups is 1. The van der Waals surface area contributed by atoms with Crippen LogP contribution in [0.1, 0.15) is 61.6 Å². The molecule has 0 radical (unpaired) electrons. The van der Waals surface area contributed by atoms with Crippen LogP contribution in [0.4, 0.5) is 0 Å². The molecule has 0 fully saturated rings. The zero-order valence-electron chi connectivity index (χ0n) is 29.8. The quantitative estimate of drug-likeness (QED) is 0.0783. The summed E-state index contributed by atoms with van der Waals surface area (Å²) in [5.74, 6) is -14.5. The third-order valence-electron chi connectivity index (χ3n) is 9.85. The minimum absolute atomic E-state index is 0.133. The Morgan fingerprint density at radius 1 is 0.576 bits per heavy atom. The molecule has 20 heteroatoms. The van der Waals surface area contributed by atoms with Gasteiger partial charge in [0.2, 0.25) is 0 Å². The van der Waals surface area contributed by atoms with Gasteiger partial charge >= 0.3 is 5.97 Å². The van der Waals surface area contributed by atoms with E-state index >= 15 is 0 Å². The zero-order valence-corrected chi connectivity index (χ0v) is 30.6. The number of phenolic OH excluding ortho intramolecular Hbond substituents is 13. The number of benzene rings is 5. The van der Waals surface area contributed by atoms with Crippen molar-refractivity contribution in [3.63, 3.8) is 0 Å². The topological polar surface area (TPSA) is 348 Å². The van der Waals surface area contributed by atoms with Gasteiger partial charge < -0.3 is 90.8 Å². The smallest absolute Gasteiger partial charge is 0.338 e. The van der Waals surface area contributed by atoms with E-state index in [0.29, 0.717) is 0 Å². The van der Waals surface area contributed by atoms with Gasteiger partial charge in [-0.05, 0) is 36.4 Å². The van der Waals surface area contributed by atoms with Gasteiger partial charge in [-0.3, -0.25) is 0 Å². The van der Waals surface area contributed by atoms with Crippen molar-refractivity contribution in [2.45, 2.75) is 35.6 Å². The third kappa shape index (κ3) is 6.87. The van der Waals surface area contributed by atoms with E-state index in [1.165, 1.54) is 0 Å². The lowest BCUT2D eigenvalue weighted by Gasteiger charge is -2.43. The molecule has 15 N–H and O–H groups in total. The summed E-state index contributed by atoms with van der Waals surface area (Å²) in [5, 5.41) is 158. The van der Waals surface area contributed by atoms with Crippen LogP contribution in [0, 0.1) is 0 Å². The number of aromatic hydroxyl groups is 13. The summed E-state index contributed by atoms with van der Waals surface area (Å²) in [5.41, 5.74) is -1.77. The van der Waals surface area contributed by atoms with Crippen LogP contribution in [0.15, 0.2) is 54.6 Å². The highest BCUT2D eigenvalue weighted by molar-refractivity contribution is 7.99. The number of hydrogen-bond donors (Lipinski definition) is 15. The molecule has 2 aliphatic heterocycles. The summed E-state index contributed by atoms with van der Waals surface area (Å²) in [7, 11) is 0. The van der Waals surface area contributed by atoms with E-state index in [4.69, 9.17) is 14.2 Å². The molecular weight excluding hydrogens is 804 g/mol. The number of aliphatic hydroxyl groups is 2. The van der Waals surface area contributed by atoms with E-state index < -0.39 is 140 Å². The highest BCUT2D eigenvalue weighted by atomic mass is 32.2. The Bertz CT molecular complexity index is 2440. The van der Waals surface area contributed by atoms with Crippen molar-refractivity contribution in [2.75, 3.05) is 12.4 Å². The summed E-state index contributed by atoms with van der Waals surface area (Å²) >= 11 is 0.862. The van der Waals surface area contributed by atoms with Crippen LogP contribution in [0.25, 0.3) is 0 Å². The van der Waals surface area contributed by atoms with Crippen molar-refractivity contribution >= 4 is 17.7 Å². The molecule has 0 unspecified atom stereocenters. The maximum Gasteiger partial charge on any atom is 0.338 e.